The predicted octanol–water partition coefficient (Wildman–Crippen LogP) is 5.14. The first kappa shape index (κ1) is 22.4. The number of benzene rings is 2. The monoisotopic (exact) mass is 486 g/mol. The maximum absolute atomic E-state index is 13.8. The minimum Gasteiger partial charge on any atom is -0.356 e. The van der Waals surface area contributed by atoms with Crippen molar-refractivity contribution in [2.24, 2.45) is 11.1 Å². The summed E-state index contributed by atoms with van der Waals surface area (Å²) in [6.07, 6.45) is 2.87. The van der Waals surface area contributed by atoms with Gasteiger partial charge in [0, 0.05) is 19.1 Å². The van der Waals surface area contributed by atoms with Crippen LogP contribution >= 0.6 is 23.2 Å². The highest BCUT2D eigenvalue weighted by Crippen LogP contribution is 2.51. The zero-order valence-corrected chi connectivity index (χ0v) is 20.0. The third-order valence-corrected chi connectivity index (χ3v) is 8.21. The number of hydrogen-bond donors (Lipinski definition) is 1. The highest BCUT2D eigenvalue weighted by atomic mass is 35.5. The summed E-state index contributed by atoms with van der Waals surface area (Å²) in [6.45, 7) is 5.07. The van der Waals surface area contributed by atoms with Crippen LogP contribution in [-0.4, -0.2) is 22.6 Å². The average Bonchev–Trinajstić information content (AvgIpc) is 3.08. The number of nitrogens with two attached hydrogens (primary N) is 1. The van der Waals surface area contributed by atoms with E-state index in [1.165, 1.54) is 27.8 Å². The lowest BCUT2D eigenvalue weighted by molar-refractivity contribution is 0.187. The van der Waals surface area contributed by atoms with Gasteiger partial charge in [0.1, 0.15) is 17.5 Å². The Balaban J connectivity index is 1.44. The van der Waals surface area contributed by atoms with E-state index in [2.05, 4.69) is 29.2 Å². The molecule has 1 aromatic heterocycles. The first-order chi connectivity index (χ1) is 15.7. The second kappa shape index (κ2) is 8.12. The maximum Gasteiger partial charge on any atom is 0.263 e. The average molecular weight is 487 g/mol. The Morgan fingerprint density at radius 1 is 1.09 bits per heavy atom. The van der Waals surface area contributed by atoms with Gasteiger partial charge in [-0.05, 0) is 61.8 Å². The molecule has 172 valence electrons. The molecule has 0 amide bonds. The lowest BCUT2D eigenvalue weighted by atomic mass is 9.73. The van der Waals surface area contributed by atoms with Crippen LogP contribution < -0.4 is 16.2 Å². The number of anilines is 1. The molecule has 33 heavy (non-hydrogen) atoms. The molecule has 0 unspecified atom stereocenters. The highest BCUT2D eigenvalue weighted by Gasteiger charge is 2.46. The molecule has 5 rings (SSSR count). The molecule has 2 aromatic carbocycles. The van der Waals surface area contributed by atoms with E-state index in [0.29, 0.717) is 22.9 Å². The number of aromatic nitrogens is 2. The van der Waals surface area contributed by atoms with Crippen LogP contribution in [0.1, 0.15) is 41.4 Å². The van der Waals surface area contributed by atoms with E-state index in [9.17, 15) is 9.18 Å². The maximum atomic E-state index is 13.8. The summed E-state index contributed by atoms with van der Waals surface area (Å²) in [7, 11) is 0. The minimum absolute atomic E-state index is 0.00878. The Bertz CT molecular complexity index is 1310. The third kappa shape index (κ3) is 3.47. The Labute approximate surface area is 202 Å². The van der Waals surface area contributed by atoms with E-state index < -0.39 is 5.82 Å². The number of nitrogens with zero attached hydrogens (tertiary/aromatic N) is 3. The quantitative estimate of drug-likeness (QED) is 0.509. The third-order valence-electron chi connectivity index (χ3n) is 7.36. The summed E-state index contributed by atoms with van der Waals surface area (Å²) < 4.78 is 15.2. The Hall–Kier alpha value is -2.41. The summed E-state index contributed by atoms with van der Waals surface area (Å²) in [4.78, 5) is 20.3. The normalized spacial score (nSPS) is 19.2. The van der Waals surface area contributed by atoms with E-state index in [1.54, 1.807) is 13.8 Å². The van der Waals surface area contributed by atoms with Gasteiger partial charge >= 0.3 is 0 Å². The number of aryl methyl sites for hydroxylation is 1. The number of halogens is 3. The molecule has 1 saturated heterocycles. The minimum atomic E-state index is -0.632. The summed E-state index contributed by atoms with van der Waals surface area (Å²) in [5.41, 5.74) is 9.96. The van der Waals surface area contributed by atoms with Crippen LogP contribution in [0.15, 0.2) is 41.2 Å². The second-order valence-electron chi connectivity index (χ2n) is 9.15. The van der Waals surface area contributed by atoms with Crippen molar-refractivity contribution in [2.75, 3.05) is 18.0 Å². The van der Waals surface area contributed by atoms with E-state index in [1.807, 2.05) is 0 Å². The molecule has 2 N–H and O–H groups in total. The Morgan fingerprint density at radius 3 is 2.48 bits per heavy atom. The number of fused-ring (bicyclic) bond motifs is 1. The van der Waals surface area contributed by atoms with Crippen LogP contribution in [-0.2, 0) is 6.42 Å². The van der Waals surface area contributed by atoms with Crippen molar-refractivity contribution in [1.29, 1.82) is 0 Å². The Morgan fingerprint density at radius 2 is 1.79 bits per heavy atom. The fourth-order valence-corrected chi connectivity index (χ4v) is 5.84. The molecule has 8 heteroatoms. The molecule has 1 aliphatic heterocycles. The van der Waals surface area contributed by atoms with E-state index >= 15 is 0 Å². The standard InChI is InChI=1S/C25H25Cl2FN4O/c1-14-23(30-15(2)32(24(14)33)19-8-7-18(28)20(26)21(19)27)31-11-9-25(10-12-31)13-16-5-3-4-6-17(16)22(25)29/h3-8,22H,9-13,29H2,1-2H3/t22-/m1/s1. The lowest BCUT2D eigenvalue weighted by Gasteiger charge is -2.43. The van der Waals surface area contributed by atoms with Crippen LogP contribution in [0, 0.1) is 25.1 Å². The van der Waals surface area contributed by atoms with Gasteiger partial charge in [-0.3, -0.25) is 9.36 Å². The molecular weight excluding hydrogens is 462 g/mol. The van der Waals surface area contributed by atoms with Crippen LogP contribution in [0.4, 0.5) is 10.2 Å². The van der Waals surface area contributed by atoms with Gasteiger partial charge in [-0.15, -0.1) is 0 Å². The van der Waals surface area contributed by atoms with Crippen LogP contribution in [0.25, 0.3) is 5.69 Å². The summed E-state index contributed by atoms with van der Waals surface area (Å²) in [5, 5.41) is -0.219. The lowest BCUT2D eigenvalue weighted by Crippen LogP contribution is -2.45. The summed E-state index contributed by atoms with van der Waals surface area (Å²) >= 11 is 12.2. The van der Waals surface area contributed by atoms with Crippen molar-refractivity contribution in [3.63, 3.8) is 0 Å². The van der Waals surface area contributed by atoms with Gasteiger partial charge in [0.2, 0.25) is 0 Å². The van der Waals surface area contributed by atoms with Crippen molar-refractivity contribution in [3.8, 4) is 5.69 Å². The molecule has 0 bridgehead atoms. The second-order valence-corrected chi connectivity index (χ2v) is 9.90. The number of hydrogen-bond acceptors (Lipinski definition) is 4. The Kier molecular flexibility index (Phi) is 5.51. The van der Waals surface area contributed by atoms with Crippen molar-refractivity contribution in [2.45, 2.75) is 39.2 Å². The van der Waals surface area contributed by atoms with E-state index in [0.717, 1.165) is 32.4 Å². The fraction of sp³-hybridized carbons (Fsp3) is 0.360. The van der Waals surface area contributed by atoms with Crippen molar-refractivity contribution >= 4 is 29.0 Å². The first-order valence-electron chi connectivity index (χ1n) is 11.1. The topological polar surface area (TPSA) is 64.2 Å². The molecular formula is C25H25Cl2FN4O. The molecule has 1 spiro atoms. The molecule has 0 radical (unpaired) electrons. The first-order valence-corrected chi connectivity index (χ1v) is 11.8. The molecule has 2 heterocycles. The molecule has 1 aliphatic carbocycles. The largest absolute Gasteiger partial charge is 0.356 e. The highest BCUT2D eigenvalue weighted by molar-refractivity contribution is 6.43. The van der Waals surface area contributed by atoms with E-state index in [-0.39, 0.29) is 27.1 Å². The zero-order chi connectivity index (χ0) is 23.5. The molecule has 1 atom stereocenters. The molecule has 0 saturated carbocycles. The van der Waals surface area contributed by atoms with Crippen molar-refractivity contribution in [3.05, 3.63) is 85.1 Å². The zero-order valence-electron chi connectivity index (χ0n) is 18.5. The smallest absolute Gasteiger partial charge is 0.263 e. The fourth-order valence-electron chi connectivity index (χ4n) is 5.45. The van der Waals surface area contributed by atoms with Crippen molar-refractivity contribution in [1.82, 2.24) is 9.55 Å². The van der Waals surface area contributed by atoms with Gasteiger partial charge in [0.15, 0.2) is 0 Å². The summed E-state index contributed by atoms with van der Waals surface area (Å²) in [5.74, 6) is 0.513. The van der Waals surface area contributed by atoms with Gasteiger partial charge in [0.05, 0.1) is 21.3 Å². The van der Waals surface area contributed by atoms with Gasteiger partial charge in [-0.2, -0.15) is 0 Å². The van der Waals surface area contributed by atoms with Gasteiger partial charge in [0.25, 0.3) is 5.56 Å². The SMILES string of the molecule is Cc1c(N2CCC3(CC2)Cc2ccccc2[C@H]3N)nc(C)n(-c2ccc(F)c(Cl)c2Cl)c1=O. The predicted molar refractivity (Wildman–Crippen MR) is 130 cm³/mol. The van der Waals surface area contributed by atoms with Gasteiger partial charge in [-0.25, -0.2) is 9.37 Å². The molecule has 2 aliphatic rings. The number of rotatable bonds is 2. The van der Waals surface area contributed by atoms with Crippen LogP contribution in [0.2, 0.25) is 10.0 Å². The molecule has 3 aromatic rings. The van der Waals surface area contributed by atoms with Crippen LogP contribution in [0.5, 0.6) is 0 Å². The molecule has 1 fully saturated rings. The number of piperidine rings is 1. The van der Waals surface area contributed by atoms with Gasteiger partial charge in [-0.1, -0.05) is 47.5 Å². The molecule has 5 nitrogen and oxygen atoms in total. The van der Waals surface area contributed by atoms with Crippen molar-refractivity contribution < 1.29 is 4.39 Å². The summed E-state index contributed by atoms with van der Waals surface area (Å²) in [6, 6.07) is 11.1. The van der Waals surface area contributed by atoms with Crippen LogP contribution in [0.3, 0.4) is 0 Å². The van der Waals surface area contributed by atoms with Gasteiger partial charge < -0.3 is 10.6 Å². The van der Waals surface area contributed by atoms with E-state index in [4.69, 9.17) is 33.9 Å².